The van der Waals surface area contributed by atoms with Gasteiger partial charge < -0.3 is 39.0 Å². The third-order valence-electron chi connectivity index (χ3n) is 13.2. The van der Waals surface area contributed by atoms with Crippen LogP contribution in [-0.4, -0.2) is 89.2 Å². The van der Waals surface area contributed by atoms with Crippen molar-refractivity contribution in [3.8, 4) is 0 Å². The second kappa shape index (κ2) is 47.9. The molecule has 6 atom stereocenters. The Hall–Kier alpha value is -3.06. The van der Waals surface area contributed by atoms with E-state index in [1.54, 1.807) is 0 Å². The minimum absolute atomic E-state index is 0.0599. The summed E-state index contributed by atoms with van der Waals surface area (Å²) in [6, 6.07) is 0. The first-order valence-corrected chi connectivity index (χ1v) is 29.0. The quantitative estimate of drug-likeness (QED) is 0.0228. The van der Waals surface area contributed by atoms with Crippen molar-refractivity contribution in [2.45, 2.75) is 302 Å². The highest BCUT2D eigenvalue weighted by molar-refractivity contribution is 5.74. The Morgan fingerprint density at radius 2 is 0.873 bits per heavy atom. The van der Waals surface area contributed by atoms with Gasteiger partial charge >= 0.3 is 23.9 Å². The summed E-state index contributed by atoms with van der Waals surface area (Å²) < 4.78 is 28.3. The molecule has 0 spiro atoms. The molecule has 1 fully saturated rings. The van der Waals surface area contributed by atoms with Gasteiger partial charge in [0.1, 0.15) is 18.8 Å². The molecule has 3 N–H and O–H groups in total. The van der Waals surface area contributed by atoms with E-state index >= 15 is 0 Å². The van der Waals surface area contributed by atoms with Gasteiger partial charge in [-0.2, -0.15) is 0 Å². The summed E-state index contributed by atoms with van der Waals surface area (Å²) in [6.45, 7) is 5.89. The maximum Gasteiger partial charge on any atom is 0.335 e. The van der Waals surface area contributed by atoms with Crippen LogP contribution in [0.5, 0.6) is 0 Å². The maximum atomic E-state index is 13.0. The molecule has 71 heavy (non-hydrogen) atoms. The number of carbonyl (C=O) groups excluding carboxylic acids is 3. The van der Waals surface area contributed by atoms with E-state index in [0.29, 0.717) is 19.3 Å². The fourth-order valence-corrected chi connectivity index (χ4v) is 8.69. The predicted octanol–water partition coefficient (Wildman–Crippen LogP) is 14.5. The highest BCUT2D eigenvalue weighted by atomic mass is 16.7. The average molecular weight is 1010 g/mol. The number of hydrogen-bond donors (Lipinski definition) is 3. The zero-order chi connectivity index (χ0) is 51.8. The molecule has 1 aliphatic heterocycles. The van der Waals surface area contributed by atoms with Gasteiger partial charge in [-0.3, -0.25) is 14.4 Å². The molecule has 0 aromatic carbocycles. The summed E-state index contributed by atoms with van der Waals surface area (Å²) in [5.74, 6) is -3.12. The molecule has 0 radical (unpaired) electrons. The first-order valence-electron chi connectivity index (χ1n) is 29.0. The summed E-state index contributed by atoms with van der Waals surface area (Å²) in [5.41, 5.74) is 0. The number of rotatable bonds is 49. The first kappa shape index (κ1) is 66.0. The average Bonchev–Trinajstić information content (AvgIpc) is 3.35. The van der Waals surface area contributed by atoms with Gasteiger partial charge in [-0.05, 0) is 70.6 Å². The van der Waals surface area contributed by atoms with Gasteiger partial charge in [-0.1, -0.05) is 211 Å². The van der Waals surface area contributed by atoms with Crippen molar-refractivity contribution in [2.24, 2.45) is 0 Å². The molecule has 412 valence electrons. The van der Waals surface area contributed by atoms with Crippen molar-refractivity contribution in [3.63, 3.8) is 0 Å². The van der Waals surface area contributed by atoms with Crippen LogP contribution < -0.4 is 0 Å². The van der Waals surface area contributed by atoms with E-state index in [1.165, 1.54) is 103 Å². The molecular formula is C59H104O12. The number of aliphatic hydroxyl groups is 2. The lowest BCUT2D eigenvalue weighted by Crippen LogP contribution is -2.61. The van der Waals surface area contributed by atoms with E-state index in [-0.39, 0.29) is 25.9 Å². The van der Waals surface area contributed by atoms with Crippen molar-refractivity contribution < 1.29 is 58.2 Å². The van der Waals surface area contributed by atoms with Crippen LogP contribution in [0.1, 0.15) is 265 Å². The van der Waals surface area contributed by atoms with E-state index < -0.39 is 67.3 Å². The smallest absolute Gasteiger partial charge is 0.335 e. The normalized spacial score (nSPS) is 18.7. The molecule has 1 heterocycles. The van der Waals surface area contributed by atoms with Gasteiger partial charge in [0.05, 0.1) is 6.61 Å². The Balaban J connectivity index is 2.63. The van der Waals surface area contributed by atoms with Crippen LogP contribution in [0, 0.1) is 0 Å². The topological polar surface area (TPSA) is 175 Å². The summed E-state index contributed by atoms with van der Waals surface area (Å²) in [4.78, 5) is 50.9. The van der Waals surface area contributed by atoms with Crippen molar-refractivity contribution in [2.75, 3.05) is 13.2 Å². The molecular weight excluding hydrogens is 901 g/mol. The fraction of sp³-hybridized carbons (Fsp3) is 0.831. The number of carboxylic acid groups (broad SMARTS) is 1. The van der Waals surface area contributed by atoms with Gasteiger partial charge in [-0.15, -0.1) is 0 Å². The molecule has 1 saturated heterocycles. The molecule has 0 bridgehead atoms. The second-order valence-corrected chi connectivity index (χ2v) is 19.9. The molecule has 12 nitrogen and oxygen atoms in total. The van der Waals surface area contributed by atoms with Crippen LogP contribution in [0.2, 0.25) is 0 Å². The van der Waals surface area contributed by atoms with Crippen molar-refractivity contribution in [1.82, 2.24) is 0 Å². The lowest BCUT2D eigenvalue weighted by Gasteiger charge is -2.40. The van der Waals surface area contributed by atoms with Gasteiger partial charge in [0.25, 0.3) is 0 Å². The highest BCUT2D eigenvalue weighted by Crippen LogP contribution is 2.26. The van der Waals surface area contributed by atoms with Crippen LogP contribution in [0.4, 0.5) is 0 Å². The number of aliphatic carboxylic acids is 1. The third-order valence-corrected chi connectivity index (χ3v) is 13.2. The molecule has 12 heteroatoms. The second-order valence-electron chi connectivity index (χ2n) is 19.9. The third kappa shape index (κ3) is 38.2. The molecule has 0 saturated carbocycles. The maximum absolute atomic E-state index is 13.0. The number of aliphatic hydroxyl groups excluding tert-OH is 2. The van der Waals surface area contributed by atoms with Crippen molar-refractivity contribution in [1.29, 1.82) is 0 Å². The zero-order valence-corrected chi connectivity index (χ0v) is 45.2. The van der Waals surface area contributed by atoms with E-state index in [2.05, 4.69) is 57.2 Å². The van der Waals surface area contributed by atoms with Gasteiger partial charge in [0, 0.05) is 19.3 Å². The van der Waals surface area contributed by atoms with Gasteiger partial charge in [0.2, 0.25) is 0 Å². The largest absolute Gasteiger partial charge is 0.479 e. The van der Waals surface area contributed by atoms with E-state index in [4.69, 9.17) is 23.7 Å². The number of hydrogen-bond acceptors (Lipinski definition) is 11. The molecule has 1 aliphatic rings. The molecule has 0 aromatic rings. The van der Waals surface area contributed by atoms with Crippen LogP contribution in [-0.2, 0) is 42.9 Å². The number of allylic oxidation sites excluding steroid dienone is 6. The van der Waals surface area contributed by atoms with Gasteiger partial charge in [-0.25, -0.2) is 4.79 Å². The monoisotopic (exact) mass is 1000 g/mol. The SMILES string of the molecule is CCC/C=C\C/C=C\CCCCCCCC(=O)OCC(COC1OC(C(=O)O)C(O)C(O)C1OC(=O)CCCCCCCCCCC/C=C\CCCCCCCC)OC(=O)CCCCCCCCCCC. The van der Waals surface area contributed by atoms with E-state index in [9.17, 15) is 34.5 Å². The Kier molecular flexibility index (Phi) is 44.5. The van der Waals surface area contributed by atoms with Gasteiger partial charge in [0.15, 0.2) is 24.6 Å². The van der Waals surface area contributed by atoms with Crippen molar-refractivity contribution in [3.05, 3.63) is 36.5 Å². The zero-order valence-electron chi connectivity index (χ0n) is 45.2. The minimum Gasteiger partial charge on any atom is -0.479 e. The van der Waals surface area contributed by atoms with E-state index in [1.807, 2.05) is 0 Å². The Morgan fingerprint density at radius 1 is 0.465 bits per heavy atom. The summed E-state index contributed by atoms with van der Waals surface area (Å²) in [6.07, 6.45) is 42.7. The number of carbonyl (C=O) groups is 4. The number of ether oxygens (including phenoxy) is 5. The Morgan fingerprint density at radius 3 is 1.34 bits per heavy atom. The summed E-state index contributed by atoms with van der Waals surface area (Å²) in [5, 5.41) is 31.4. The lowest BCUT2D eigenvalue weighted by atomic mass is 9.98. The number of esters is 3. The van der Waals surface area contributed by atoms with Crippen molar-refractivity contribution >= 4 is 23.9 Å². The van der Waals surface area contributed by atoms with Crippen LogP contribution in [0.15, 0.2) is 36.5 Å². The number of carboxylic acids is 1. The van der Waals surface area contributed by atoms with Crippen LogP contribution >= 0.6 is 0 Å². The summed E-state index contributed by atoms with van der Waals surface area (Å²) in [7, 11) is 0. The highest BCUT2D eigenvalue weighted by Gasteiger charge is 2.50. The van der Waals surface area contributed by atoms with Crippen LogP contribution in [0.25, 0.3) is 0 Å². The molecule has 1 rings (SSSR count). The molecule has 0 amide bonds. The standard InChI is InChI=1S/C59H104O12/c1-4-7-10-13-16-19-21-23-24-25-26-27-28-30-32-35-38-41-44-47-53(62)70-57-55(64)54(63)56(58(65)66)71-59(57)68-49-50(69-52(61)46-43-40-37-33-18-15-12-9-6-3)48-67-51(60)45-42-39-36-34-31-29-22-20-17-14-11-8-5-2/h11,14,20,22-24,50,54-57,59,63-64H,4-10,12-13,15-19,21,25-49H2,1-3H3,(H,65,66)/b14-11-,22-20-,24-23-. The molecule has 0 aromatic heterocycles. The van der Waals surface area contributed by atoms with E-state index in [0.717, 1.165) is 103 Å². The predicted molar refractivity (Wildman–Crippen MR) is 285 cm³/mol. The number of unbranched alkanes of at least 4 members (excludes halogenated alkanes) is 29. The van der Waals surface area contributed by atoms with Crippen LogP contribution in [0.3, 0.4) is 0 Å². The lowest BCUT2D eigenvalue weighted by molar-refractivity contribution is -0.301. The first-order chi connectivity index (χ1) is 34.6. The minimum atomic E-state index is -1.90. The fourth-order valence-electron chi connectivity index (χ4n) is 8.69. The Labute approximate surface area is 431 Å². The molecule has 6 unspecified atom stereocenters. The Bertz CT molecular complexity index is 1380. The molecule has 0 aliphatic carbocycles. The summed E-state index contributed by atoms with van der Waals surface area (Å²) >= 11 is 0.